The molecule has 112 valence electrons. The molecule has 6 heteroatoms. The second-order valence-corrected chi connectivity index (χ2v) is 7.41. The number of nitrogens with one attached hydrogen (secondary N) is 1. The summed E-state index contributed by atoms with van der Waals surface area (Å²) in [5, 5.41) is 8.04. The fourth-order valence-corrected chi connectivity index (χ4v) is 4.60. The number of thioether (sulfide) groups is 1. The molecule has 0 radical (unpaired) electrons. The van der Waals surface area contributed by atoms with E-state index in [4.69, 9.17) is 5.73 Å². The molecule has 3 N–H and O–H groups in total. The normalized spacial score (nSPS) is 30.6. The molecule has 1 heterocycles. The first-order chi connectivity index (χ1) is 9.69. The lowest BCUT2D eigenvalue weighted by atomic mass is 9.83. The van der Waals surface area contributed by atoms with E-state index in [9.17, 15) is 4.79 Å². The summed E-state index contributed by atoms with van der Waals surface area (Å²) in [5.41, 5.74) is 6.22. The van der Waals surface area contributed by atoms with Crippen LogP contribution in [0.1, 0.15) is 57.9 Å². The Balaban J connectivity index is 1.71. The minimum Gasteiger partial charge on any atom is -0.327 e. The SMILES string of the molecule is CCCC1CCC(N)C(Sc2n[nH]c(=O)n2C2CC2)C1. The van der Waals surface area contributed by atoms with Gasteiger partial charge in [0.2, 0.25) is 0 Å². The first-order valence-electron chi connectivity index (χ1n) is 7.78. The van der Waals surface area contributed by atoms with Crippen LogP contribution < -0.4 is 11.4 Å². The average molecular weight is 296 g/mol. The average Bonchev–Trinajstić information content (AvgIpc) is 3.19. The number of nitrogens with zero attached hydrogens (tertiary/aromatic N) is 2. The van der Waals surface area contributed by atoms with Gasteiger partial charge in [0.25, 0.3) is 0 Å². The van der Waals surface area contributed by atoms with Crippen LogP contribution in [0.5, 0.6) is 0 Å². The molecule has 20 heavy (non-hydrogen) atoms. The Morgan fingerprint density at radius 1 is 1.40 bits per heavy atom. The number of hydrogen-bond acceptors (Lipinski definition) is 4. The third-order valence-corrected chi connectivity index (χ3v) is 5.83. The highest BCUT2D eigenvalue weighted by atomic mass is 32.2. The molecule has 0 bridgehead atoms. The molecule has 5 nitrogen and oxygen atoms in total. The highest BCUT2D eigenvalue weighted by Gasteiger charge is 2.33. The number of H-pyrrole nitrogens is 1. The zero-order valence-electron chi connectivity index (χ0n) is 12.0. The minimum atomic E-state index is -0.0653. The van der Waals surface area contributed by atoms with Gasteiger partial charge in [0.05, 0.1) is 0 Å². The molecule has 0 aliphatic heterocycles. The maximum atomic E-state index is 11.8. The molecule has 0 aromatic carbocycles. The number of aromatic amines is 1. The molecular weight excluding hydrogens is 272 g/mol. The predicted molar refractivity (Wildman–Crippen MR) is 81.0 cm³/mol. The van der Waals surface area contributed by atoms with Crippen LogP contribution in [0, 0.1) is 5.92 Å². The van der Waals surface area contributed by atoms with Crippen LogP contribution >= 0.6 is 11.8 Å². The van der Waals surface area contributed by atoms with E-state index in [-0.39, 0.29) is 11.7 Å². The summed E-state index contributed by atoms with van der Waals surface area (Å²) in [6.45, 7) is 2.25. The first-order valence-corrected chi connectivity index (χ1v) is 8.66. The molecule has 1 aromatic heterocycles. The van der Waals surface area contributed by atoms with Crippen molar-refractivity contribution in [3.8, 4) is 0 Å². The maximum absolute atomic E-state index is 11.8. The van der Waals surface area contributed by atoms with Crippen molar-refractivity contribution in [1.29, 1.82) is 0 Å². The number of hydrogen-bond donors (Lipinski definition) is 2. The summed E-state index contributed by atoms with van der Waals surface area (Å²) in [4.78, 5) is 11.8. The molecule has 3 rings (SSSR count). The van der Waals surface area contributed by atoms with Crippen molar-refractivity contribution >= 4 is 11.8 Å². The Labute approximate surface area is 123 Å². The van der Waals surface area contributed by atoms with Crippen LogP contribution in [-0.2, 0) is 0 Å². The predicted octanol–water partition coefficient (Wildman–Crippen LogP) is 2.29. The summed E-state index contributed by atoms with van der Waals surface area (Å²) >= 11 is 1.71. The molecule has 3 unspecified atom stereocenters. The van der Waals surface area contributed by atoms with Gasteiger partial charge < -0.3 is 5.73 Å². The smallest absolute Gasteiger partial charge is 0.327 e. The third-order valence-electron chi connectivity index (χ3n) is 4.49. The van der Waals surface area contributed by atoms with E-state index in [1.165, 1.54) is 19.3 Å². The van der Waals surface area contributed by atoms with Gasteiger partial charge in [-0.25, -0.2) is 9.89 Å². The van der Waals surface area contributed by atoms with Crippen LogP contribution in [-0.4, -0.2) is 26.1 Å². The molecule has 0 amide bonds. The summed E-state index contributed by atoms with van der Waals surface area (Å²) in [7, 11) is 0. The zero-order chi connectivity index (χ0) is 14.1. The number of aromatic nitrogens is 3. The maximum Gasteiger partial charge on any atom is 0.344 e. The van der Waals surface area contributed by atoms with Crippen molar-refractivity contribution < 1.29 is 0 Å². The standard InChI is InChI=1S/C14H24N4OS/c1-2-3-9-4-7-11(15)12(8-9)20-14-17-16-13(19)18(14)10-5-6-10/h9-12H,2-8,15H2,1H3,(H,16,19). The van der Waals surface area contributed by atoms with Gasteiger partial charge in [-0.3, -0.25) is 4.57 Å². The first kappa shape index (κ1) is 14.2. The van der Waals surface area contributed by atoms with Gasteiger partial charge in [-0.1, -0.05) is 31.5 Å². The zero-order valence-corrected chi connectivity index (χ0v) is 12.9. The van der Waals surface area contributed by atoms with Crippen LogP contribution in [0.3, 0.4) is 0 Å². The minimum absolute atomic E-state index is 0.0653. The van der Waals surface area contributed by atoms with Crippen molar-refractivity contribution in [1.82, 2.24) is 14.8 Å². The van der Waals surface area contributed by atoms with E-state index < -0.39 is 0 Å². The molecule has 2 saturated carbocycles. The van der Waals surface area contributed by atoms with Crippen molar-refractivity contribution in [2.75, 3.05) is 0 Å². The number of nitrogens with two attached hydrogens (primary N) is 1. The van der Waals surface area contributed by atoms with Gasteiger partial charge in [0.15, 0.2) is 5.16 Å². The second-order valence-electron chi connectivity index (χ2n) is 6.20. The lowest BCUT2D eigenvalue weighted by molar-refractivity contribution is 0.316. The molecule has 3 atom stereocenters. The van der Waals surface area contributed by atoms with Gasteiger partial charge >= 0.3 is 5.69 Å². The van der Waals surface area contributed by atoms with E-state index in [0.717, 1.165) is 36.8 Å². The molecule has 0 spiro atoms. The highest BCUT2D eigenvalue weighted by molar-refractivity contribution is 7.99. The van der Waals surface area contributed by atoms with Crippen LogP contribution in [0.15, 0.2) is 9.95 Å². The van der Waals surface area contributed by atoms with Gasteiger partial charge in [0, 0.05) is 17.3 Å². The summed E-state index contributed by atoms with van der Waals surface area (Å²) < 4.78 is 1.83. The fraction of sp³-hybridized carbons (Fsp3) is 0.857. The highest BCUT2D eigenvalue weighted by Crippen LogP contribution is 2.40. The summed E-state index contributed by atoms with van der Waals surface area (Å²) in [6, 6.07) is 0.600. The second kappa shape index (κ2) is 5.93. The Bertz CT molecular complexity index is 508. The van der Waals surface area contributed by atoms with Gasteiger partial charge in [-0.05, 0) is 38.0 Å². The number of rotatable bonds is 5. The van der Waals surface area contributed by atoms with E-state index >= 15 is 0 Å². The largest absolute Gasteiger partial charge is 0.344 e. The molecule has 2 aliphatic carbocycles. The Morgan fingerprint density at radius 2 is 2.20 bits per heavy atom. The summed E-state index contributed by atoms with van der Waals surface area (Å²) in [5.74, 6) is 0.789. The molecule has 2 aliphatic rings. The van der Waals surface area contributed by atoms with Gasteiger partial charge in [-0.15, -0.1) is 5.10 Å². The van der Waals surface area contributed by atoms with Crippen molar-refractivity contribution in [3.63, 3.8) is 0 Å². The van der Waals surface area contributed by atoms with Crippen LogP contribution in [0.4, 0.5) is 0 Å². The van der Waals surface area contributed by atoms with Gasteiger partial charge in [-0.2, -0.15) is 0 Å². The fourth-order valence-electron chi connectivity index (χ4n) is 3.20. The Morgan fingerprint density at radius 3 is 2.90 bits per heavy atom. The lowest BCUT2D eigenvalue weighted by Crippen LogP contribution is -2.38. The lowest BCUT2D eigenvalue weighted by Gasteiger charge is -2.33. The summed E-state index contributed by atoms with van der Waals surface area (Å²) in [6.07, 6.45) is 8.24. The van der Waals surface area contributed by atoms with E-state index in [1.807, 2.05) is 4.57 Å². The molecule has 1 aromatic rings. The van der Waals surface area contributed by atoms with Gasteiger partial charge in [0.1, 0.15) is 0 Å². The van der Waals surface area contributed by atoms with Crippen molar-refractivity contribution in [2.24, 2.45) is 11.7 Å². The Hall–Kier alpha value is -0.750. The van der Waals surface area contributed by atoms with Crippen molar-refractivity contribution in [2.45, 2.75) is 74.4 Å². The Kier molecular flexibility index (Phi) is 4.21. The monoisotopic (exact) mass is 296 g/mol. The van der Waals surface area contributed by atoms with E-state index in [1.54, 1.807) is 11.8 Å². The molecule has 2 fully saturated rings. The quantitative estimate of drug-likeness (QED) is 0.874. The van der Waals surface area contributed by atoms with E-state index in [0.29, 0.717) is 11.3 Å². The van der Waals surface area contributed by atoms with E-state index in [2.05, 4.69) is 17.1 Å². The third kappa shape index (κ3) is 2.96. The molecule has 0 saturated heterocycles. The topological polar surface area (TPSA) is 76.7 Å². The van der Waals surface area contributed by atoms with Crippen LogP contribution in [0.25, 0.3) is 0 Å². The van der Waals surface area contributed by atoms with Crippen molar-refractivity contribution in [3.05, 3.63) is 10.5 Å². The van der Waals surface area contributed by atoms with Crippen LogP contribution in [0.2, 0.25) is 0 Å². The molecular formula is C14H24N4OS.